The molecule has 0 spiro atoms. The summed E-state index contributed by atoms with van der Waals surface area (Å²) in [6.07, 6.45) is 2.44. The standard InChI is InChI=1S/C16H27N3O3.HI/c1-4-17-15(18-10-13-6-5-9-21-13)19-11-16(3,20)14-8-7-12(2)22-14;/h7-8,13,20H,4-6,9-11H2,1-3H3,(H2,17,18,19);1H. The lowest BCUT2D eigenvalue weighted by molar-refractivity contribution is 0.0428. The second kappa shape index (κ2) is 9.48. The Morgan fingerprint density at radius 2 is 2.22 bits per heavy atom. The monoisotopic (exact) mass is 437 g/mol. The summed E-state index contributed by atoms with van der Waals surface area (Å²) in [5.41, 5.74) is -1.12. The molecule has 2 heterocycles. The fourth-order valence-electron chi connectivity index (χ4n) is 2.39. The zero-order chi connectivity index (χ0) is 16.0. The van der Waals surface area contributed by atoms with Crippen molar-refractivity contribution in [3.05, 3.63) is 23.7 Å². The van der Waals surface area contributed by atoms with E-state index in [-0.39, 0.29) is 36.6 Å². The van der Waals surface area contributed by atoms with E-state index in [0.29, 0.717) is 11.7 Å². The van der Waals surface area contributed by atoms with Gasteiger partial charge in [0.1, 0.15) is 17.1 Å². The molecular weight excluding hydrogens is 409 g/mol. The van der Waals surface area contributed by atoms with Gasteiger partial charge in [0.25, 0.3) is 0 Å². The Morgan fingerprint density at radius 3 is 2.78 bits per heavy atom. The van der Waals surface area contributed by atoms with E-state index in [1.807, 2.05) is 19.9 Å². The summed E-state index contributed by atoms with van der Waals surface area (Å²) < 4.78 is 11.1. The Balaban J connectivity index is 0.00000264. The Bertz CT molecular complexity index is 497. The number of hydrogen-bond acceptors (Lipinski definition) is 4. The Labute approximate surface area is 155 Å². The summed E-state index contributed by atoms with van der Waals surface area (Å²) in [4.78, 5) is 4.46. The first kappa shape index (κ1) is 20.2. The second-order valence-electron chi connectivity index (χ2n) is 5.90. The van der Waals surface area contributed by atoms with Crippen molar-refractivity contribution in [2.24, 2.45) is 4.99 Å². The minimum Gasteiger partial charge on any atom is -0.463 e. The van der Waals surface area contributed by atoms with Crippen LogP contribution >= 0.6 is 24.0 Å². The second-order valence-corrected chi connectivity index (χ2v) is 5.90. The summed E-state index contributed by atoms with van der Waals surface area (Å²) >= 11 is 0. The molecule has 1 aromatic rings. The van der Waals surface area contributed by atoms with Crippen molar-refractivity contribution in [2.75, 3.05) is 26.2 Å². The van der Waals surface area contributed by atoms with Crippen LogP contribution in [-0.2, 0) is 10.3 Å². The third-order valence-corrected chi connectivity index (χ3v) is 3.68. The number of furan rings is 1. The van der Waals surface area contributed by atoms with E-state index in [0.717, 1.165) is 38.3 Å². The molecule has 0 saturated carbocycles. The number of ether oxygens (including phenoxy) is 1. The third kappa shape index (κ3) is 6.31. The van der Waals surface area contributed by atoms with E-state index >= 15 is 0 Å². The predicted molar refractivity (Wildman–Crippen MR) is 101 cm³/mol. The van der Waals surface area contributed by atoms with Crippen molar-refractivity contribution in [3.8, 4) is 0 Å². The van der Waals surface area contributed by atoms with E-state index in [1.54, 1.807) is 13.0 Å². The van der Waals surface area contributed by atoms with Gasteiger partial charge in [-0.3, -0.25) is 0 Å². The minimum absolute atomic E-state index is 0. The Hall–Kier alpha value is -0.800. The van der Waals surface area contributed by atoms with Gasteiger partial charge in [-0.25, -0.2) is 4.99 Å². The number of hydrogen-bond donors (Lipinski definition) is 3. The first-order valence-corrected chi connectivity index (χ1v) is 7.94. The van der Waals surface area contributed by atoms with Gasteiger partial charge in [0.15, 0.2) is 5.96 Å². The molecule has 6 nitrogen and oxygen atoms in total. The maximum absolute atomic E-state index is 10.5. The normalized spacial score (nSPS) is 20.7. The third-order valence-electron chi connectivity index (χ3n) is 3.68. The van der Waals surface area contributed by atoms with E-state index < -0.39 is 5.60 Å². The lowest BCUT2D eigenvalue weighted by Crippen LogP contribution is -2.42. The van der Waals surface area contributed by atoms with Crippen LogP contribution in [0.4, 0.5) is 0 Å². The predicted octanol–water partition coefficient (Wildman–Crippen LogP) is 2.15. The molecule has 2 atom stereocenters. The highest BCUT2D eigenvalue weighted by Gasteiger charge is 2.26. The minimum atomic E-state index is -1.12. The Kier molecular flexibility index (Phi) is 8.35. The summed E-state index contributed by atoms with van der Waals surface area (Å²) in [5, 5.41) is 17.0. The van der Waals surface area contributed by atoms with E-state index in [4.69, 9.17) is 9.15 Å². The summed E-state index contributed by atoms with van der Waals surface area (Å²) in [7, 11) is 0. The van der Waals surface area contributed by atoms with Crippen LogP contribution in [0, 0.1) is 6.92 Å². The highest BCUT2D eigenvalue weighted by Crippen LogP contribution is 2.23. The SMILES string of the molecule is CCNC(=NCC(C)(O)c1ccc(C)o1)NCC1CCCO1.I. The molecule has 1 fully saturated rings. The molecule has 0 aliphatic carbocycles. The Morgan fingerprint density at radius 1 is 1.43 bits per heavy atom. The maximum Gasteiger partial charge on any atom is 0.191 e. The largest absolute Gasteiger partial charge is 0.463 e. The first-order chi connectivity index (χ1) is 10.5. The summed E-state index contributed by atoms with van der Waals surface area (Å²) in [5.74, 6) is 1.99. The molecule has 7 heteroatoms. The number of halogens is 1. The van der Waals surface area contributed by atoms with Crippen LogP contribution in [-0.4, -0.2) is 43.4 Å². The molecule has 23 heavy (non-hydrogen) atoms. The molecule has 1 aliphatic rings. The fourth-order valence-corrected chi connectivity index (χ4v) is 2.39. The van der Waals surface area contributed by atoms with Crippen molar-refractivity contribution in [2.45, 2.75) is 45.3 Å². The molecule has 1 aliphatic heterocycles. The lowest BCUT2D eigenvalue weighted by Gasteiger charge is -2.20. The van der Waals surface area contributed by atoms with Crippen molar-refractivity contribution in [1.29, 1.82) is 0 Å². The highest BCUT2D eigenvalue weighted by atomic mass is 127. The number of guanidine groups is 1. The highest BCUT2D eigenvalue weighted by molar-refractivity contribution is 14.0. The van der Waals surface area contributed by atoms with E-state index in [2.05, 4.69) is 15.6 Å². The quantitative estimate of drug-likeness (QED) is 0.361. The van der Waals surface area contributed by atoms with Crippen LogP contribution in [0.15, 0.2) is 21.5 Å². The van der Waals surface area contributed by atoms with Crippen molar-refractivity contribution in [3.63, 3.8) is 0 Å². The molecular formula is C16H28IN3O3. The molecule has 0 amide bonds. The first-order valence-electron chi connectivity index (χ1n) is 7.94. The van der Waals surface area contributed by atoms with Crippen molar-refractivity contribution >= 4 is 29.9 Å². The van der Waals surface area contributed by atoms with Gasteiger partial charge in [0.2, 0.25) is 0 Å². The molecule has 0 aromatic carbocycles. The van der Waals surface area contributed by atoms with Crippen LogP contribution in [0.1, 0.15) is 38.2 Å². The zero-order valence-electron chi connectivity index (χ0n) is 14.1. The van der Waals surface area contributed by atoms with Crippen LogP contribution in [0.5, 0.6) is 0 Å². The molecule has 2 rings (SSSR count). The molecule has 3 N–H and O–H groups in total. The van der Waals surface area contributed by atoms with Gasteiger partial charge in [-0.05, 0) is 45.7 Å². The topological polar surface area (TPSA) is 79.0 Å². The number of aliphatic hydroxyl groups is 1. The summed E-state index contributed by atoms with van der Waals surface area (Å²) in [6.45, 7) is 8.13. The van der Waals surface area contributed by atoms with Crippen LogP contribution in [0.25, 0.3) is 0 Å². The smallest absolute Gasteiger partial charge is 0.191 e. The van der Waals surface area contributed by atoms with Gasteiger partial charge < -0.3 is 24.9 Å². The number of aryl methyl sites for hydroxylation is 1. The summed E-state index contributed by atoms with van der Waals surface area (Å²) in [6, 6.07) is 3.63. The van der Waals surface area contributed by atoms with Gasteiger partial charge in [-0.1, -0.05) is 0 Å². The van der Waals surface area contributed by atoms with Gasteiger partial charge in [0, 0.05) is 19.7 Å². The molecule has 1 saturated heterocycles. The number of rotatable bonds is 6. The average Bonchev–Trinajstić information content (AvgIpc) is 3.13. The molecule has 0 bridgehead atoms. The molecule has 1 aromatic heterocycles. The lowest BCUT2D eigenvalue weighted by atomic mass is 10.0. The average molecular weight is 437 g/mol. The van der Waals surface area contributed by atoms with Crippen LogP contribution in [0.3, 0.4) is 0 Å². The van der Waals surface area contributed by atoms with Gasteiger partial charge in [0.05, 0.1) is 12.6 Å². The van der Waals surface area contributed by atoms with Crippen molar-refractivity contribution < 1.29 is 14.3 Å². The number of nitrogens with zero attached hydrogens (tertiary/aromatic N) is 1. The van der Waals surface area contributed by atoms with Gasteiger partial charge in [-0.15, -0.1) is 24.0 Å². The molecule has 0 radical (unpaired) electrons. The van der Waals surface area contributed by atoms with E-state index in [9.17, 15) is 5.11 Å². The van der Waals surface area contributed by atoms with Gasteiger partial charge >= 0.3 is 0 Å². The molecule has 132 valence electrons. The number of aliphatic imine (C=N–C) groups is 1. The van der Waals surface area contributed by atoms with Crippen LogP contribution < -0.4 is 10.6 Å². The van der Waals surface area contributed by atoms with Crippen LogP contribution in [0.2, 0.25) is 0 Å². The molecule has 2 unspecified atom stereocenters. The fraction of sp³-hybridized carbons (Fsp3) is 0.688. The maximum atomic E-state index is 10.5. The van der Waals surface area contributed by atoms with Crippen molar-refractivity contribution in [1.82, 2.24) is 10.6 Å². The van der Waals surface area contributed by atoms with Gasteiger partial charge in [-0.2, -0.15) is 0 Å². The van der Waals surface area contributed by atoms with E-state index in [1.165, 1.54) is 0 Å². The zero-order valence-corrected chi connectivity index (χ0v) is 16.4. The number of nitrogens with one attached hydrogen (secondary N) is 2.